The molecule has 1 unspecified atom stereocenters. The summed E-state index contributed by atoms with van der Waals surface area (Å²) in [6.07, 6.45) is 2.59. The summed E-state index contributed by atoms with van der Waals surface area (Å²) in [7, 11) is 0. The maximum absolute atomic E-state index is 12.6. The standard InChI is InChI=1S/C22H26N4OS/c1-16(2)13-19(18-10-5-4-6-11-18)24-21(27)14-28-22-25-23-15-26(22)20-12-8-7-9-17(20)3/h4-12,15-16,19H,13-14H2,1-3H3,(H,24,27). The Morgan fingerprint density at radius 1 is 1.11 bits per heavy atom. The van der Waals surface area contributed by atoms with Crippen molar-refractivity contribution < 1.29 is 4.79 Å². The molecule has 0 aliphatic carbocycles. The van der Waals surface area contributed by atoms with Gasteiger partial charge in [0.05, 0.1) is 17.5 Å². The largest absolute Gasteiger partial charge is 0.349 e. The van der Waals surface area contributed by atoms with Gasteiger partial charge < -0.3 is 5.32 Å². The van der Waals surface area contributed by atoms with Crippen LogP contribution < -0.4 is 5.32 Å². The zero-order chi connectivity index (χ0) is 19.9. The molecule has 1 N–H and O–H groups in total. The molecule has 0 saturated carbocycles. The van der Waals surface area contributed by atoms with E-state index in [1.165, 1.54) is 11.8 Å². The molecule has 1 amide bonds. The van der Waals surface area contributed by atoms with E-state index in [4.69, 9.17) is 0 Å². The highest BCUT2D eigenvalue weighted by atomic mass is 32.2. The maximum atomic E-state index is 12.6. The number of nitrogens with one attached hydrogen (secondary N) is 1. The van der Waals surface area contributed by atoms with Gasteiger partial charge in [0, 0.05) is 0 Å². The number of rotatable bonds is 8. The van der Waals surface area contributed by atoms with Crippen molar-refractivity contribution in [1.82, 2.24) is 20.1 Å². The Balaban J connectivity index is 1.66. The molecule has 6 heteroatoms. The number of aromatic nitrogens is 3. The summed E-state index contributed by atoms with van der Waals surface area (Å²) in [4.78, 5) is 12.6. The molecular formula is C22H26N4OS. The van der Waals surface area contributed by atoms with Crippen molar-refractivity contribution in [3.05, 3.63) is 72.1 Å². The molecule has 0 spiro atoms. The minimum Gasteiger partial charge on any atom is -0.349 e. The molecule has 146 valence electrons. The van der Waals surface area contributed by atoms with Crippen molar-refractivity contribution in [3.63, 3.8) is 0 Å². The summed E-state index contributed by atoms with van der Waals surface area (Å²) in [6.45, 7) is 6.38. The third-order valence-electron chi connectivity index (χ3n) is 4.47. The molecule has 0 radical (unpaired) electrons. The number of aryl methyl sites for hydroxylation is 1. The average molecular weight is 395 g/mol. The summed E-state index contributed by atoms with van der Waals surface area (Å²) in [5, 5.41) is 12.1. The number of hydrogen-bond acceptors (Lipinski definition) is 4. The van der Waals surface area contributed by atoms with E-state index in [2.05, 4.69) is 41.5 Å². The number of carbonyl (C=O) groups excluding carboxylic acids is 1. The minimum absolute atomic E-state index is 0.00108. The predicted molar refractivity (Wildman–Crippen MR) is 114 cm³/mol. The fourth-order valence-electron chi connectivity index (χ4n) is 3.12. The Morgan fingerprint density at radius 2 is 1.82 bits per heavy atom. The lowest BCUT2D eigenvalue weighted by Crippen LogP contribution is -2.31. The van der Waals surface area contributed by atoms with Crippen LogP contribution in [0.1, 0.15) is 37.4 Å². The minimum atomic E-state index is -0.00108. The van der Waals surface area contributed by atoms with Crippen LogP contribution in [0.2, 0.25) is 0 Å². The lowest BCUT2D eigenvalue weighted by Gasteiger charge is -2.21. The van der Waals surface area contributed by atoms with Crippen LogP contribution in [0, 0.1) is 12.8 Å². The average Bonchev–Trinajstić information content (AvgIpc) is 3.15. The first-order valence-corrected chi connectivity index (χ1v) is 10.5. The molecule has 0 saturated heterocycles. The number of nitrogens with zero attached hydrogens (tertiary/aromatic N) is 3. The van der Waals surface area contributed by atoms with Crippen LogP contribution in [-0.4, -0.2) is 26.4 Å². The van der Waals surface area contributed by atoms with Gasteiger partial charge in [0.1, 0.15) is 6.33 Å². The second kappa shape index (κ2) is 9.55. The van der Waals surface area contributed by atoms with E-state index >= 15 is 0 Å². The van der Waals surface area contributed by atoms with Crippen LogP contribution in [0.5, 0.6) is 0 Å². The SMILES string of the molecule is Cc1ccccc1-n1cnnc1SCC(=O)NC(CC(C)C)c1ccccc1. The first-order valence-electron chi connectivity index (χ1n) is 9.47. The molecule has 3 aromatic rings. The van der Waals surface area contributed by atoms with Gasteiger partial charge in [-0.1, -0.05) is 74.1 Å². The van der Waals surface area contributed by atoms with Gasteiger partial charge in [-0.25, -0.2) is 0 Å². The zero-order valence-electron chi connectivity index (χ0n) is 16.5. The third-order valence-corrected chi connectivity index (χ3v) is 5.41. The zero-order valence-corrected chi connectivity index (χ0v) is 17.3. The highest BCUT2D eigenvalue weighted by Gasteiger charge is 2.17. The van der Waals surface area contributed by atoms with Crippen molar-refractivity contribution in [1.29, 1.82) is 0 Å². The fourth-order valence-corrected chi connectivity index (χ4v) is 3.86. The summed E-state index contributed by atoms with van der Waals surface area (Å²) < 4.78 is 1.93. The second-order valence-electron chi connectivity index (χ2n) is 7.22. The van der Waals surface area contributed by atoms with E-state index in [1.807, 2.05) is 54.0 Å². The summed E-state index contributed by atoms with van der Waals surface area (Å²) >= 11 is 1.40. The molecule has 0 aliphatic heterocycles. The lowest BCUT2D eigenvalue weighted by atomic mass is 9.97. The molecule has 5 nitrogen and oxygen atoms in total. The number of carbonyl (C=O) groups is 1. The molecule has 0 fully saturated rings. The molecule has 0 bridgehead atoms. The Kier molecular flexibility index (Phi) is 6.87. The molecule has 2 aromatic carbocycles. The van der Waals surface area contributed by atoms with E-state index in [0.717, 1.165) is 23.2 Å². The number of para-hydroxylation sites is 1. The summed E-state index contributed by atoms with van der Waals surface area (Å²) in [6, 6.07) is 18.2. The van der Waals surface area contributed by atoms with E-state index in [1.54, 1.807) is 6.33 Å². The van der Waals surface area contributed by atoms with E-state index in [9.17, 15) is 4.79 Å². The van der Waals surface area contributed by atoms with Crippen LogP contribution in [0.4, 0.5) is 0 Å². The highest BCUT2D eigenvalue weighted by molar-refractivity contribution is 7.99. The Bertz CT molecular complexity index is 908. The summed E-state index contributed by atoms with van der Waals surface area (Å²) in [5.41, 5.74) is 3.30. The van der Waals surface area contributed by atoms with Gasteiger partial charge in [0.15, 0.2) is 5.16 Å². The molecule has 3 rings (SSSR count). The van der Waals surface area contributed by atoms with Gasteiger partial charge >= 0.3 is 0 Å². The Labute approximate surface area is 170 Å². The normalized spacial score (nSPS) is 12.1. The highest BCUT2D eigenvalue weighted by Crippen LogP contribution is 2.24. The fraction of sp³-hybridized carbons (Fsp3) is 0.318. The van der Waals surface area contributed by atoms with Crippen molar-refractivity contribution in [2.75, 3.05) is 5.75 Å². The van der Waals surface area contributed by atoms with Crippen LogP contribution >= 0.6 is 11.8 Å². The van der Waals surface area contributed by atoms with Crippen molar-refractivity contribution >= 4 is 17.7 Å². The molecule has 28 heavy (non-hydrogen) atoms. The van der Waals surface area contributed by atoms with Crippen LogP contribution in [-0.2, 0) is 4.79 Å². The first-order chi connectivity index (χ1) is 13.5. The second-order valence-corrected chi connectivity index (χ2v) is 8.16. The quantitative estimate of drug-likeness (QED) is 0.569. The number of amides is 1. The molecule has 1 aromatic heterocycles. The lowest BCUT2D eigenvalue weighted by molar-refractivity contribution is -0.119. The van der Waals surface area contributed by atoms with E-state index in [-0.39, 0.29) is 11.9 Å². The van der Waals surface area contributed by atoms with Crippen LogP contribution in [0.25, 0.3) is 5.69 Å². The Morgan fingerprint density at radius 3 is 2.54 bits per heavy atom. The van der Waals surface area contributed by atoms with Crippen LogP contribution in [0.15, 0.2) is 66.1 Å². The summed E-state index contributed by atoms with van der Waals surface area (Å²) in [5.74, 6) is 0.785. The van der Waals surface area contributed by atoms with Gasteiger partial charge in [-0.2, -0.15) is 0 Å². The van der Waals surface area contributed by atoms with Crippen LogP contribution in [0.3, 0.4) is 0 Å². The number of benzene rings is 2. The number of thioether (sulfide) groups is 1. The smallest absolute Gasteiger partial charge is 0.230 e. The van der Waals surface area contributed by atoms with Gasteiger partial charge in [-0.05, 0) is 36.5 Å². The van der Waals surface area contributed by atoms with E-state index in [0.29, 0.717) is 16.8 Å². The first kappa shape index (κ1) is 20.1. The maximum Gasteiger partial charge on any atom is 0.230 e. The van der Waals surface area contributed by atoms with Gasteiger partial charge in [-0.3, -0.25) is 9.36 Å². The third kappa shape index (κ3) is 5.23. The van der Waals surface area contributed by atoms with Gasteiger partial charge in [-0.15, -0.1) is 10.2 Å². The van der Waals surface area contributed by atoms with Gasteiger partial charge in [0.2, 0.25) is 5.91 Å². The molecule has 1 heterocycles. The molecular weight excluding hydrogens is 368 g/mol. The molecule has 0 aliphatic rings. The van der Waals surface area contributed by atoms with Crippen molar-refractivity contribution in [2.45, 2.75) is 38.4 Å². The number of hydrogen-bond donors (Lipinski definition) is 1. The topological polar surface area (TPSA) is 59.8 Å². The predicted octanol–water partition coefficient (Wildman–Crippen LogP) is 4.57. The van der Waals surface area contributed by atoms with E-state index < -0.39 is 0 Å². The molecule has 1 atom stereocenters. The van der Waals surface area contributed by atoms with Crippen molar-refractivity contribution in [3.8, 4) is 5.69 Å². The monoisotopic (exact) mass is 394 g/mol. The Hall–Kier alpha value is -2.60. The van der Waals surface area contributed by atoms with Gasteiger partial charge in [0.25, 0.3) is 0 Å². The van der Waals surface area contributed by atoms with Crippen molar-refractivity contribution in [2.24, 2.45) is 5.92 Å².